The Labute approximate surface area is 159 Å². The number of carbonyl (C=O) groups is 1. The number of rotatable bonds is 4. The molecule has 0 aromatic heterocycles. The maximum atomic E-state index is 13.9. The van der Waals surface area contributed by atoms with Crippen LogP contribution in [0.2, 0.25) is 0 Å². The van der Waals surface area contributed by atoms with Crippen LogP contribution < -0.4 is 5.32 Å². The summed E-state index contributed by atoms with van der Waals surface area (Å²) in [5.41, 5.74) is -0.0390. The van der Waals surface area contributed by atoms with E-state index < -0.39 is 37.3 Å². The molecular formula is C17H15FN2O5S2. The molecule has 10 heteroatoms. The van der Waals surface area contributed by atoms with Gasteiger partial charge in [-0.15, -0.1) is 11.8 Å². The lowest BCUT2D eigenvalue weighted by molar-refractivity contribution is -0.387. The maximum Gasteiger partial charge on any atom is 0.288 e. The minimum Gasteiger partial charge on any atom is -0.345 e. The molecule has 1 amide bonds. The zero-order valence-corrected chi connectivity index (χ0v) is 15.8. The van der Waals surface area contributed by atoms with Crippen LogP contribution in [-0.4, -0.2) is 31.3 Å². The van der Waals surface area contributed by atoms with E-state index in [1.807, 2.05) is 0 Å². The Morgan fingerprint density at radius 2 is 2.07 bits per heavy atom. The van der Waals surface area contributed by atoms with Gasteiger partial charge >= 0.3 is 0 Å². The van der Waals surface area contributed by atoms with E-state index in [1.165, 1.54) is 23.9 Å². The van der Waals surface area contributed by atoms with Gasteiger partial charge in [-0.25, -0.2) is 12.8 Å². The van der Waals surface area contributed by atoms with E-state index in [0.29, 0.717) is 22.6 Å². The molecule has 0 saturated carbocycles. The summed E-state index contributed by atoms with van der Waals surface area (Å²) >= 11 is 1.37. The molecule has 1 atom stereocenters. The van der Waals surface area contributed by atoms with Crippen molar-refractivity contribution in [2.24, 2.45) is 0 Å². The van der Waals surface area contributed by atoms with Crippen molar-refractivity contribution in [2.75, 3.05) is 12.0 Å². The van der Waals surface area contributed by atoms with Crippen molar-refractivity contribution in [3.63, 3.8) is 0 Å². The van der Waals surface area contributed by atoms with Crippen LogP contribution in [0.25, 0.3) is 0 Å². The van der Waals surface area contributed by atoms with Gasteiger partial charge in [-0.1, -0.05) is 12.1 Å². The number of hydrogen-bond donors (Lipinski definition) is 1. The van der Waals surface area contributed by atoms with Gasteiger partial charge in [0.15, 0.2) is 9.84 Å². The number of hydrogen-bond acceptors (Lipinski definition) is 6. The second kappa shape index (κ2) is 7.28. The van der Waals surface area contributed by atoms with Crippen LogP contribution in [0.15, 0.2) is 46.2 Å². The van der Waals surface area contributed by atoms with Gasteiger partial charge in [0.25, 0.3) is 11.6 Å². The third kappa shape index (κ3) is 3.96. The fraction of sp³-hybridized carbons (Fsp3) is 0.235. The molecule has 3 rings (SSSR count). The monoisotopic (exact) mass is 410 g/mol. The Morgan fingerprint density at radius 1 is 1.33 bits per heavy atom. The molecule has 142 valence electrons. The van der Waals surface area contributed by atoms with E-state index in [-0.39, 0.29) is 11.4 Å². The van der Waals surface area contributed by atoms with Crippen molar-refractivity contribution >= 4 is 33.2 Å². The second-order valence-corrected chi connectivity index (χ2v) is 9.12. The minimum absolute atomic E-state index is 0.0368. The summed E-state index contributed by atoms with van der Waals surface area (Å²) in [4.78, 5) is 22.9. The van der Waals surface area contributed by atoms with Gasteiger partial charge < -0.3 is 5.32 Å². The van der Waals surface area contributed by atoms with Gasteiger partial charge in [-0.2, -0.15) is 0 Å². The molecule has 2 aromatic rings. The standard InChI is InChI=1S/C17H15FN2O5S2/c1-27(24,25)15-6-5-10(9-14(15)20(22)23)17(21)19-13-7-8-26-16-11(13)3-2-4-12(16)18/h2-6,9,13H,7-8H2,1H3,(H,19,21). The highest BCUT2D eigenvalue weighted by molar-refractivity contribution is 7.99. The first-order chi connectivity index (χ1) is 12.7. The summed E-state index contributed by atoms with van der Waals surface area (Å²) in [5, 5.41) is 14.0. The molecule has 0 aliphatic carbocycles. The third-order valence-electron chi connectivity index (χ3n) is 4.15. The quantitative estimate of drug-likeness (QED) is 0.613. The Bertz CT molecular complexity index is 1040. The molecule has 1 unspecified atom stereocenters. The predicted octanol–water partition coefficient (Wildman–Crippen LogP) is 3.10. The topological polar surface area (TPSA) is 106 Å². The van der Waals surface area contributed by atoms with Crippen LogP contribution in [0.5, 0.6) is 0 Å². The molecule has 0 spiro atoms. The van der Waals surface area contributed by atoms with E-state index in [2.05, 4.69) is 5.32 Å². The van der Waals surface area contributed by atoms with E-state index in [9.17, 15) is 27.7 Å². The molecule has 1 heterocycles. The predicted molar refractivity (Wildman–Crippen MR) is 98.2 cm³/mol. The Hall–Kier alpha value is -2.46. The van der Waals surface area contributed by atoms with Crippen molar-refractivity contribution in [3.8, 4) is 0 Å². The summed E-state index contributed by atoms with van der Waals surface area (Å²) in [6.07, 6.45) is 1.44. The van der Waals surface area contributed by atoms with Crippen LogP contribution in [0.1, 0.15) is 28.4 Å². The van der Waals surface area contributed by atoms with E-state index >= 15 is 0 Å². The van der Waals surface area contributed by atoms with Crippen molar-refractivity contribution in [1.82, 2.24) is 5.32 Å². The largest absolute Gasteiger partial charge is 0.345 e. The molecule has 0 radical (unpaired) electrons. The van der Waals surface area contributed by atoms with Crippen LogP contribution in [-0.2, 0) is 9.84 Å². The number of nitro groups is 1. The van der Waals surface area contributed by atoms with Crippen molar-refractivity contribution in [3.05, 3.63) is 63.5 Å². The van der Waals surface area contributed by atoms with Crippen molar-refractivity contribution < 1.29 is 22.5 Å². The van der Waals surface area contributed by atoms with Gasteiger partial charge in [0.1, 0.15) is 10.7 Å². The van der Waals surface area contributed by atoms with Crippen molar-refractivity contribution in [1.29, 1.82) is 0 Å². The summed E-state index contributed by atoms with van der Waals surface area (Å²) in [6.45, 7) is 0. The Morgan fingerprint density at radius 3 is 2.74 bits per heavy atom. The van der Waals surface area contributed by atoms with Crippen LogP contribution in [0.3, 0.4) is 0 Å². The normalized spacial score (nSPS) is 16.4. The molecule has 0 fully saturated rings. The van der Waals surface area contributed by atoms with E-state index in [4.69, 9.17) is 0 Å². The molecule has 1 N–H and O–H groups in total. The number of nitro benzene ring substituents is 1. The van der Waals surface area contributed by atoms with Crippen LogP contribution in [0.4, 0.5) is 10.1 Å². The number of thioether (sulfide) groups is 1. The summed E-state index contributed by atoms with van der Waals surface area (Å²) in [6, 6.07) is 7.42. The highest BCUT2D eigenvalue weighted by atomic mass is 32.2. The number of benzene rings is 2. The van der Waals surface area contributed by atoms with Crippen molar-refractivity contribution in [2.45, 2.75) is 22.3 Å². The number of fused-ring (bicyclic) bond motifs is 1. The summed E-state index contributed by atoms with van der Waals surface area (Å²) in [7, 11) is -3.81. The lowest BCUT2D eigenvalue weighted by Crippen LogP contribution is -2.31. The molecule has 1 aliphatic rings. The highest BCUT2D eigenvalue weighted by Crippen LogP contribution is 2.38. The van der Waals surface area contributed by atoms with Gasteiger partial charge in [-0.3, -0.25) is 14.9 Å². The molecule has 0 saturated heterocycles. The van der Waals surface area contributed by atoms with E-state index in [0.717, 1.165) is 18.4 Å². The van der Waals surface area contributed by atoms with Gasteiger partial charge in [0.05, 0.1) is 11.0 Å². The first-order valence-corrected chi connectivity index (χ1v) is 10.8. The van der Waals surface area contributed by atoms with Crippen LogP contribution >= 0.6 is 11.8 Å². The first kappa shape index (κ1) is 19.3. The zero-order chi connectivity index (χ0) is 19.8. The number of nitrogens with one attached hydrogen (secondary N) is 1. The highest BCUT2D eigenvalue weighted by Gasteiger charge is 2.27. The average Bonchev–Trinajstić information content (AvgIpc) is 2.61. The third-order valence-corrected chi connectivity index (χ3v) is 6.45. The lowest BCUT2D eigenvalue weighted by Gasteiger charge is -2.26. The lowest BCUT2D eigenvalue weighted by atomic mass is 10.0. The smallest absolute Gasteiger partial charge is 0.288 e. The molecule has 0 bridgehead atoms. The SMILES string of the molecule is CS(=O)(=O)c1ccc(C(=O)NC2CCSc3c(F)cccc32)cc1[N+](=O)[O-]. The fourth-order valence-corrected chi connectivity index (χ4v) is 4.86. The van der Waals surface area contributed by atoms with Crippen LogP contribution in [0, 0.1) is 15.9 Å². The van der Waals surface area contributed by atoms with Gasteiger partial charge in [0, 0.05) is 28.5 Å². The number of halogens is 1. The Kier molecular flexibility index (Phi) is 5.20. The Balaban J connectivity index is 1.91. The number of sulfone groups is 1. The molecular weight excluding hydrogens is 395 g/mol. The number of amides is 1. The summed E-state index contributed by atoms with van der Waals surface area (Å²) < 4.78 is 37.3. The molecule has 1 aliphatic heterocycles. The number of nitrogens with zero attached hydrogens (tertiary/aromatic N) is 1. The van der Waals surface area contributed by atoms with Gasteiger partial charge in [-0.05, 0) is 30.2 Å². The fourth-order valence-electron chi connectivity index (χ4n) is 2.89. The molecule has 27 heavy (non-hydrogen) atoms. The van der Waals surface area contributed by atoms with E-state index in [1.54, 1.807) is 12.1 Å². The summed E-state index contributed by atoms with van der Waals surface area (Å²) in [5.74, 6) is -0.332. The maximum absolute atomic E-state index is 13.9. The first-order valence-electron chi connectivity index (χ1n) is 7.89. The average molecular weight is 410 g/mol. The minimum atomic E-state index is -3.81. The second-order valence-electron chi connectivity index (χ2n) is 6.03. The number of carbonyl (C=O) groups excluding carboxylic acids is 1. The van der Waals surface area contributed by atoms with Gasteiger partial charge in [0.2, 0.25) is 0 Å². The zero-order valence-electron chi connectivity index (χ0n) is 14.1. The molecule has 7 nitrogen and oxygen atoms in total. The molecule has 2 aromatic carbocycles.